The molecule has 2 aromatic rings. The number of hydrogen-bond donors (Lipinski definition) is 2. The molecule has 236 valence electrons. The average molecular weight is 623 g/mol. The van der Waals surface area contributed by atoms with Gasteiger partial charge in [-0.25, -0.2) is 4.79 Å². The second-order valence-electron chi connectivity index (χ2n) is 12.9. The lowest BCUT2D eigenvalue weighted by Gasteiger charge is -2.43. The molecule has 6 rings (SSSR count). The summed E-state index contributed by atoms with van der Waals surface area (Å²) in [7, 11) is 1.24. The number of halogens is 1. The Morgan fingerprint density at radius 2 is 1.93 bits per heavy atom. The Morgan fingerprint density at radius 3 is 2.73 bits per heavy atom. The van der Waals surface area contributed by atoms with Crippen LogP contribution in [0.4, 0.5) is 5.69 Å². The number of amides is 1. The molecule has 44 heavy (non-hydrogen) atoms. The lowest BCUT2D eigenvalue weighted by Crippen LogP contribution is -2.45. The fraction of sp³-hybridized carbons (Fsp3) is 0.543. The van der Waals surface area contributed by atoms with E-state index < -0.39 is 24.1 Å². The van der Waals surface area contributed by atoms with Crippen molar-refractivity contribution in [2.24, 2.45) is 11.8 Å². The number of esters is 1. The quantitative estimate of drug-likeness (QED) is 0.335. The molecule has 3 aliphatic heterocycles. The number of hydrogen-bond acceptors (Lipinski definition) is 7. The molecule has 0 aromatic heterocycles. The zero-order valence-corrected chi connectivity index (χ0v) is 26.2. The summed E-state index contributed by atoms with van der Waals surface area (Å²) in [4.78, 5) is 31.0. The molecule has 0 unspecified atom stereocenters. The standard InChI is InChI=1S/C35H43ClN2O6/c1-43-34(41)35(42)20-33(40)38-17-5-8-28(38)7-4-9-31(39)29-14-11-24(29)21-37-16-3-2-6-23-18-27(36)13-10-25(23)22-44-32-15-12-26(35)19-30(32)37/h4,9-10,12-13,15,18-19,24,28-29,31,39,42H,2-3,5-8,11,14,16-17,20-22H2,1H3/b9-4+/t24-,28+,29+,31-,35+/m0/s1. The van der Waals surface area contributed by atoms with Gasteiger partial charge in [-0.1, -0.05) is 35.9 Å². The van der Waals surface area contributed by atoms with Crippen LogP contribution in [0.1, 0.15) is 68.1 Å². The van der Waals surface area contributed by atoms with Gasteiger partial charge in [0, 0.05) is 30.7 Å². The third kappa shape index (κ3) is 6.22. The summed E-state index contributed by atoms with van der Waals surface area (Å²) < 4.78 is 11.6. The van der Waals surface area contributed by atoms with E-state index in [1.54, 1.807) is 23.1 Å². The molecule has 0 radical (unpaired) electrons. The summed E-state index contributed by atoms with van der Waals surface area (Å²) in [5.41, 5.74) is 1.15. The first-order valence-corrected chi connectivity index (χ1v) is 16.4. The third-order valence-corrected chi connectivity index (χ3v) is 10.4. The molecule has 2 aromatic carbocycles. The van der Waals surface area contributed by atoms with E-state index in [1.165, 1.54) is 12.7 Å². The van der Waals surface area contributed by atoms with Gasteiger partial charge in [-0.15, -0.1) is 0 Å². The summed E-state index contributed by atoms with van der Waals surface area (Å²) in [5.74, 6) is -0.0963. The maximum absolute atomic E-state index is 13.7. The van der Waals surface area contributed by atoms with Crippen LogP contribution in [0.3, 0.4) is 0 Å². The Kier molecular flexibility index (Phi) is 9.22. The van der Waals surface area contributed by atoms with Gasteiger partial charge in [0.15, 0.2) is 5.60 Å². The van der Waals surface area contributed by atoms with Crippen molar-refractivity contribution in [3.05, 3.63) is 70.3 Å². The second-order valence-corrected chi connectivity index (χ2v) is 13.3. The molecule has 5 atom stereocenters. The molecule has 1 saturated carbocycles. The van der Waals surface area contributed by atoms with Crippen molar-refractivity contribution in [2.45, 2.75) is 82.1 Å². The first kappa shape index (κ1) is 30.9. The van der Waals surface area contributed by atoms with Crippen molar-refractivity contribution >= 4 is 29.2 Å². The number of benzene rings is 2. The summed E-state index contributed by atoms with van der Waals surface area (Å²) in [6, 6.07) is 11.1. The lowest BCUT2D eigenvalue weighted by molar-refractivity contribution is -0.168. The minimum Gasteiger partial charge on any atom is -0.487 e. The van der Waals surface area contributed by atoms with Crippen molar-refractivity contribution in [1.82, 2.24) is 4.90 Å². The van der Waals surface area contributed by atoms with Gasteiger partial charge in [-0.3, -0.25) is 4.79 Å². The van der Waals surface area contributed by atoms with E-state index in [9.17, 15) is 19.8 Å². The van der Waals surface area contributed by atoms with E-state index in [0.29, 0.717) is 42.5 Å². The van der Waals surface area contributed by atoms with Gasteiger partial charge in [-0.05, 0) is 104 Å². The highest BCUT2D eigenvalue weighted by atomic mass is 35.5. The number of aryl methyl sites for hydroxylation is 1. The molecule has 0 spiro atoms. The molecular formula is C35H43ClN2O6. The van der Waals surface area contributed by atoms with Crippen LogP contribution in [0.2, 0.25) is 5.02 Å². The molecule has 4 aliphatic rings. The van der Waals surface area contributed by atoms with Crippen LogP contribution in [0.15, 0.2) is 48.6 Å². The number of aliphatic hydroxyl groups excluding tert-OH is 1. The Morgan fingerprint density at radius 1 is 1.07 bits per heavy atom. The minimum atomic E-state index is -2.16. The first-order valence-electron chi connectivity index (χ1n) is 16.0. The van der Waals surface area contributed by atoms with E-state index >= 15 is 0 Å². The van der Waals surface area contributed by atoms with Crippen molar-refractivity contribution in [1.29, 1.82) is 0 Å². The van der Waals surface area contributed by atoms with Crippen LogP contribution in [0.5, 0.6) is 5.75 Å². The molecule has 1 saturated heterocycles. The average Bonchev–Trinajstić information content (AvgIpc) is 3.46. The molecule has 8 nitrogen and oxygen atoms in total. The SMILES string of the molecule is COC(=O)[C@@]1(O)CC(=O)N2CCC[C@H]2C/C=C/[C@H](O)[C@@H]2CC[C@H]2CN2CCCCc3cc(Cl)ccc3COc3ccc1cc32. The van der Waals surface area contributed by atoms with E-state index in [1.807, 2.05) is 30.4 Å². The van der Waals surface area contributed by atoms with Crippen molar-refractivity contribution in [2.75, 3.05) is 31.6 Å². The highest BCUT2D eigenvalue weighted by Gasteiger charge is 2.45. The number of fused-ring (bicyclic) bond motifs is 4. The monoisotopic (exact) mass is 622 g/mol. The van der Waals surface area contributed by atoms with Gasteiger partial charge >= 0.3 is 5.97 Å². The molecule has 1 amide bonds. The van der Waals surface area contributed by atoms with Crippen LogP contribution in [0, 0.1) is 11.8 Å². The second kappa shape index (κ2) is 13.1. The normalized spacial score (nSPS) is 30.0. The van der Waals surface area contributed by atoms with Crippen molar-refractivity contribution in [3.8, 4) is 5.75 Å². The van der Waals surface area contributed by atoms with E-state index in [-0.39, 0.29) is 23.8 Å². The topological polar surface area (TPSA) is 99.5 Å². The molecule has 2 fully saturated rings. The Labute approximate surface area is 264 Å². The molecule has 2 N–H and O–H groups in total. The Balaban J connectivity index is 1.43. The maximum atomic E-state index is 13.7. The summed E-state index contributed by atoms with van der Waals surface area (Å²) in [6.45, 7) is 2.36. The van der Waals surface area contributed by atoms with Crippen LogP contribution in [-0.4, -0.2) is 65.9 Å². The number of methoxy groups -OCH3 is 1. The fourth-order valence-corrected chi connectivity index (χ4v) is 7.65. The lowest BCUT2D eigenvalue weighted by atomic mass is 9.70. The number of aliphatic hydroxyl groups is 2. The number of carbonyl (C=O) groups is 2. The highest BCUT2D eigenvalue weighted by molar-refractivity contribution is 6.30. The molecule has 2 bridgehead atoms. The van der Waals surface area contributed by atoms with E-state index in [2.05, 4.69) is 4.90 Å². The zero-order chi connectivity index (χ0) is 30.8. The van der Waals surface area contributed by atoms with Gasteiger partial charge < -0.3 is 29.5 Å². The molecule has 9 heteroatoms. The van der Waals surface area contributed by atoms with Crippen LogP contribution in [-0.2, 0) is 33.0 Å². The summed E-state index contributed by atoms with van der Waals surface area (Å²) >= 11 is 6.34. The number of nitrogens with zero attached hydrogens (tertiary/aromatic N) is 2. The predicted octanol–water partition coefficient (Wildman–Crippen LogP) is 5.15. The minimum absolute atomic E-state index is 0.0352. The number of ether oxygens (including phenoxy) is 2. The van der Waals surface area contributed by atoms with Gasteiger partial charge in [0.1, 0.15) is 12.4 Å². The van der Waals surface area contributed by atoms with E-state index in [0.717, 1.165) is 62.7 Å². The molecule has 3 heterocycles. The van der Waals surface area contributed by atoms with Crippen molar-refractivity contribution in [3.63, 3.8) is 0 Å². The number of carbonyl (C=O) groups excluding carboxylic acids is 2. The van der Waals surface area contributed by atoms with Gasteiger partial charge in [0.2, 0.25) is 5.91 Å². The Bertz CT molecular complexity index is 1410. The van der Waals surface area contributed by atoms with Gasteiger partial charge in [-0.2, -0.15) is 0 Å². The van der Waals surface area contributed by atoms with Gasteiger partial charge in [0.25, 0.3) is 0 Å². The fourth-order valence-electron chi connectivity index (χ4n) is 7.46. The summed E-state index contributed by atoms with van der Waals surface area (Å²) in [6.07, 6.45) is 9.99. The highest BCUT2D eigenvalue weighted by Crippen LogP contribution is 2.42. The maximum Gasteiger partial charge on any atom is 0.343 e. The number of rotatable bonds is 1. The van der Waals surface area contributed by atoms with E-state index in [4.69, 9.17) is 21.1 Å². The molecule has 1 aliphatic carbocycles. The van der Waals surface area contributed by atoms with Crippen LogP contribution >= 0.6 is 11.6 Å². The van der Waals surface area contributed by atoms with Crippen LogP contribution < -0.4 is 9.64 Å². The molecular weight excluding hydrogens is 580 g/mol. The largest absolute Gasteiger partial charge is 0.487 e. The first-order chi connectivity index (χ1) is 21.3. The van der Waals surface area contributed by atoms with Crippen molar-refractivity contribution < 1.29 is 29.3 Å². The smallest absolute Gasteiger partial charge is 0.343 e. The Hall–Kier alpha value is -3.07. The summed E-state index contributed by atoms with van der Waals surface area (Å²) in [5, 5.41) is 23.9. The van der Waals surface area contributed by atoms with Crippen LogP contribution in [0.25, 0.3) is 0 Å². The predicted molar refractivity (Wildman–Crippen MR) is 169 cm³/mol. The zero-order valence-electron chi connectivity index (χ0n) is 25.4. The van der Waals surface area contributed by atoms with Gasteiger partial charge in [0.05, 0.1) is 25.3 Å². The third-order valence-electron chi connectivity index (χ3n) is 10.2. The number of anilines is 1.